The molecule has 7 heterocycles. The van der Waals surface area contributed by atoms with Crippen molar-refractivity contribution in [3.63, 3.8) is 0 Å². The molecule has 1 spiro atoms. The van der Waals surface area contributed by atoms with E-state index >= 15 is 0 Å². The summed E-state index contributed by atoms with van der Waals surface area (Å²) in [5.41, 5.74) is 4.45. The molecule has 7 aliphatic heterocycles. The molecule has 3 aromatic rings. The molecule has 14 nitrogen and oxygen atoms in total. The number of benzene rings is 3. The summed E-state index contributed by atoms with van der Waals surface area (Å²) in [6.45, 7) is 6.13. The lowest BCUT2D eigenvalue weighted by atomic mass is 9.72. The Balaban J connectivity index is 1.27. The van der Waals surface area contributed by atoms with Gasteiger partial charge in [0.25, 0.3) is 0 Å². The maximum atomic E-state index is 14.9. The second kappa shape index (κ2) is 15.9. The Kier molecular flexibility index (Phi) is 10.7. The number of nitrogens with one attached hydrogen (secondary N) is 2. The molecular formula is C45H52N4O10S. The summed E-state index contributed by atoms with van der Waals surface area (Å²) in [6.07, 6.45) is 6.11. The van der Waals surface area contributed by atoms with Crippen LogP contribution >= 0.6 is 11.8 Å². The van der Waals surface area contributed by atoms with Crippen molar-refractivity contribution < 1.29 is 48.2 Å². The Morgan fingerprint density at radius 1 is 1.02 bits per heavy atom. The van der Waals surface area contributed by atoms with Crippen molar-refractivity contribution in [3.05, 3.63) is 62.7 Å². The van der Waals surface area contributed by atoms with Crippen molar-refractivity contribution in [2.75, 3.05) is 39.9 Å². The first-order chi connectivity index (χ1) is 29.1. The number of nitrogens with zero attached hydrogens (tertiary/aromatic N) is 2. The number of carbonyl (C=O) groups is 2. The number of fused-ring (bicyclic) bond motifs is 9. The molecule has 318 valence electrons. The second-order valence-electron chi connectivity index (χ2n) is 16.7. The van der Waals surface area contributed by atoms with E-state index < -0.39 is 40.9 Å². The van der Waals surface area contributed by atoms with Crippen molar-refractivity contribution >= 4 is 23.7 Å². The normalized spacial score (nSPS) is 27.2. The third kappa shape index (κ3) is 6.24. The van der Waals surface area contributed by atoms with E-state index in [0.29, 0.717) is 76.6 Å². The molecule has 2 saturated heterocycles. The molecule has 4 N–H and O–H groups in total. The third-order valence-corrected chi connectivity index (χ3v) is 14.9. The van der Waals surface area contributed by atoms with Gasteiger partial charge in [0.05, 0.1) is 37.6 Å². The van der Waals surface area contributed by atoms with E-state index in [1.165, 1.54) is 26.0 Å². The summed E-state index contributed by atoms with van der Waals surface area (Å²) in [4.78, 5) is 30.9. The van der Waals surface area contributed by atoms with Crippen LogP contribution in [0.25, 0.3) is 0 Å². The summed E-state index contributed by atoms with van der Waals surface area (Å²) in [5, 5.41) is 40.7. The van der Waals surface area contributed by atoms with Gasteiger partial charge in [-0.25, -0.2) is 4.79 Å². The predicted octanol–water partition coefficient (Wildman–Crippen LogP) is 5.99. The highest BCUT2D eigenvalue weighted by Crippen LogP contribution is 2.63. The fourth-order valence-electron chi connectivity index (χ4n) is 10.7. The first-order valence-corrected chi connectivity index (χ1v) is 22.0. The zero-order valence-corrected chi connectivity index (χ0v) is 35.5. The predicted molar refractivity (Wildman–Crippen MR) is 221 cm³/mol. The number of carbonyl (C=O) groups excluding carboxylic acids is 2. The number of esters is 2. The molecule has 0 saturated carbocycles. The number of nitriles is 1. The summed E-state index contributed by atoms with van der Waals surface area (Å²) < 4.78 is 36.7. The van der Waals surface area contributed by atoms with Crippen LogP contribution in [-0.4, -0.2) is 85.1 Å². The van der Waals surface area contributed by atoms with E-state index in [4.69, 9.17) is 28.4 Å². The molecule has 3 aromatic carbocycles. The smallest absolute Gasteiger partial charge is 0.331 e. The highest BCUT2D eigenvalue weighted by Gasteiger charge is 2.60. The summed E-state index contributed by atoms with van der Waals surface area (Å²) in [7, 11) is 3.01. The van der Waals surface area contributed by atoms with Crippen molar-refractivity contribution in [3.8, 4) is 46.3 Å². The zero-order chi connectivity index (χ0) is 42.0. The Labute approximate surface area is 353 Å². The number of unbranched alkanes of at least 4 members (excludes halogenated alkanes) is 4. The monoisotopic (exact) mass is 840 g/mol. The van der Waals surface area contributed by atoms with Crippen LogP contribution in [0, 0.1) is 25.2 Å². The standard InChI is InChI=1S/C45H52N4O10S/c1-6-7-8-9-10-11-32(51)59-40-23(3)41-42(58-21-57-41)34-29-19-56-44(53)45(26-17-31(54-4)30(50)16-24(26)12-13-47-45)20-60-43(35(34)40)37-36-33-25(14-22(2)39(55-5)38(33)52)15-27(48-36)28(18-46)49(29)37/h14,16-17,27-29,36-37,43,47-48,50,52H,6-13,15,19-21H2,1-5H3/t27-,28-,29-,36+,37?,43+,45+/m0/s1. The van der Waals surface area contributed by atoms with Gasteiger partial charge in [0.1, 0.15) is 18.4 Å². The van der Waals surface area contributed by atoms with Crippen LogP contribution in [0.15, 0.2) is 18.2 Å². The number of aryl methyl sites for hydroxylation is 1. The maximum absolute atomic E-state index is 14.9. The van der Waals surface area contributed by atoms with Crippen LogP contribution in [0.2, 0.25) is 0 Å². The number of rotatable bonds is 9. The minimum atomic E-state index is -1.37. The highest BCUT2D eigenvalue weighted by molar-refractivity contribution is 7.99. The molecule has 4 bridgehead atoms. The second-order valence-corrected chi connectivity index (χ2v) is 17.8. The number of phenolic OH excluding ortho intramolecular Hbond substituents is 2. The average Bonchev–Trinajstić information content (AvgIpc) is 3.73. The molecule has 0 amide bonds. The quantitative estimate of drug-likeness (QED) is 0.112. The van der Waals surface area contributed by atoms with Gasteiger partial charge in [-0.1, -0.05) is 38.7 Å². The topological polar surface area (TPSA) is 181 Å². The Bertz CT molecular complexity index is 2300. The lowest BCUT2D eigenvalue weighted by Gasteiger charge is -2.59. The molecular weight excluding hydrogens is 789 g/mol. The molecule has 1 unspecified atom stereocenters. The number of ether oxygens (including phenoxy) is 6. The molecule has 0 aromatic heterocycles. The van der Waals surface area contributed by atoms with Gasteiger partial charge >= 0.3 is 11.9 Å². The van der Waals surface area contributed by atoms with Crippen molar-refractivity contribution in [2.45, 2.75) is 113 Å². The zero-order valence-electron chi connectivity index (χ0n) is 34.6. The van der Waals surface area contributed by atoms with E-state index in [2.05, 4.69) is 28.5 Å². The van der Waals surface area contributed by atoms with Gasteiger partial charge in [-0.05, 0) is 67.5 Å². The molecule has 0 aliphatic carbocycles. The van der Waals surface area contributed by atoms with Crippen LogP contribution < -0.4 is 34.3 Å². The van der Waals surface area contributed by atoms with Crippen LogP contribution in [-0.2, 0) is 32.7 Å². The summed E-state index contributed by atoms with van der Waals surface area (Å²) in [6, 6.07) is 5.14. The molecule has 2 fully saturated rings. The number of hydrogen-bond donors (Lipinski definition) is 4. The fourth-order valence-corrected chi connectivity index (χ4v) is 12.4. The minimum Gasteiger partial charge on any atom is -0.504 e. The lowest BCUT2D eigenvalue weighted by Crippen LogP contribution is -2.69. The number of thioether (sulfide) groups is 1. The number of piperazine rings is 1. The number of methoxy groups -OCH3 is 2. The van der Waals surface area contributed by atoms with Crippen LogP contribution in [0.4, 0.5) is 0 Å². The summed E-state index contributed by atoms with van der Waals surface area (Å²) in [5.74, 6) is 1.21. The van der Waals surface area contributed by atoms with E-state index in [0.717, 1.165) is 42.4 Å². The number of phenols is 2. The van der Waals surface area contributed by atoms with E-state index in [9.17, 15) is 25.1 Å². The van der Waals surface area contributed by atoms with Gasteiger partial charge < -0.3 is 44.0 Å². The largest absolute Gasteiger partial charge is 0.504 e. The SMILES string of the molecule is CCCCCCCC(=O)Oc1c(C)c2c(c3c1[C@H]1SC[C@]4(NCCc5cc(O)c(OC)cc54)C(=O)OC[C@@H]3N3C1[C@@H]1N[C@@H](Cc4cc(C)c(OC)c(O)c41)[C@@H]3C#N)OCO2. The molecule has 7 atom stereocenters. The highest BCUT2D eigenvalue weighted by atomic mass is 32.2. The van der Waals surface area contributed by atoms with Crippen LogP contribution in [0.5, 0.6) is 40.2 Å². The Morgan fingerprint density at radius 3 is 2.58 bits per heavy atom. The lowest BCUT2D eigenvalue weighted by molar-refractivity contribution is -0.155. The summed E-state index contributed by atoms with van der Waals surface area (Å²) >= 11 is 1.49. The Morgan fingerprint density at radius 2 is 1.82 bits per heavy atom. The van der Waals surface area contributed by atoms with Crippen LogP contribution in [0.3, 0.4) is 0 Å². The van der Waals surface area contributed by atoms with Gasteiger partial charge in [0.2, 0.25) is 6.79 Å². The van der Waals surface area contributed by atoms with Crippen molar-refractivity contribution in [2.24, 2.45) is 0 Å². The molecule has 10 rings (SSSR count). The van der Waals surface area contributed by atoms with Crippen molar-refractivity contribution in [1.82, 2.24) is 15.5 Å². The number of aromatic hydroxyl groups is 2. The first kappa shape index (κ1) is 40.5. The average molecular weight is 841 g/mol. The van der Waals surface area contributed by atoms with Crippen molar-refractivity contribution in [1.29, 1.82) is 5.26 Å². The fraction of sp³-hybridized carbons (Fsp3) is 0.533. The van der Waals surface area contributed by atoms with Gasteiger partial charge in [-0.3, -0.25) is 15.0 Å². The Hall–Kier alpha value is -4.88. The molecule has 15 heteroatoms. The maximum Gasteiger partial charge on any atom is 0.331 e. The van der Waals surface area contributed by atoms with Gasteiger partial charge in [-0.2, -0.15) is 5.26 Å². The molecule has 7 aliphatic rings. The third-order valence-electron chi connectivity index (χ3n) is 13.4. The van der Waals surface area contributed by atoms with Gasteiger partial charge in [0, 0.05) is 53.1 Å². The minimum absolute atomic E-state index is 0.0204. The van der Waals surface area contributed by atoms with Gasteiger partial charge in [-0.15, -0.1) is 11.8 Å². The van der Waals surface area contributed by atoms with Gasteiger partial charge in [0.15, 0.2) is 40.0 Å². The number of hydrogen-bond acceptors (Lipinski definition) is 15. The molecule has 60 heavy (non-hydrogen) atoms. The molecule has 0 radical (unpaired) electrons. The van der Waals surface area contributed by atoms with E-state index in [1.54, 1.807) is 12.1 Å². The van der Waals surface area contributed by atoms with E-state index in [-0.39, 0.29) is 54.8 Å². The van der Waals surface area contributed by atoms with E-state index in [1.807, 2.05) is 19.9 Å². The van der Waals surface area contributed by atoms with Crippen LogP contribution in [0.1, 0.15) is 107 Å². The first-order valence-electron chi connectivity index (χ1n) is 21.0.